The van der Waals surface area contributed by atoms with Crippen molar-refractivity contribution in [3.8, 4) is 22.3 Å². The number of aryl methyl sites for hydroxylation is 2. The highest BCUT2D eigenvalue weighted by Crippen LogP contribution is 2.56. The van der Waals surface area contributed by atoms with Crippen LogP contribution in [0.25, 0.3) is 22.3 Å². The van der Waals surface area contributed by atoms with Gasteiger partial charge in [0, 0.05) is 39.4 Å². The van der Waals surface area contributed by atoms with Gasteiger partial charge in [-0.15, -0.1) is 0 Å². The average Bonchev–Trinajstić information content (AvgIpc) is 3.55. The molecule has 0 fully saturated rings. The Labute approximate surface area is 395 Å². The number of anilines is 5. The molecule has 0 aliphatic heterocycles. The van der Waals surface area contributed by atoms with Gasteiger partial charge in [0.2, 0.25) is 0 Å². The first-order chi connectivity index (χ1) is 31.2. The van der Waals surface area contributed by atoms with Crippen LogP contribution in [0, 0.1) is 13.8 Å². The molecule has 0 unspecified atom stereocenters. The first-order valence-electron chi connectivity index (χ1n) is 25.5. The smallest absolute Gasteiger partial charge is 0.0465 e. The van der Waals surface area contributed by atoms with E-state index in [2.05, 4.69) is 212 Å². The summed E-state index contributed by atoms with van der Waals surface area (Å²) in [7, 11) is 0. The predicted octanol–water partition coefficient (Wildman–Crippen LogP) is 19.4. The largest absolute Gasteiger partial charge is 0.336 e. The van der Waals surface area contributed by atoms with E-state index in [-0.39, 0.29) is 16.4 Å². The van der Waals surface area contributed by atoms with E-state index in [1.54, 1.807) is 11.1 Å². The molecule has 0 spiro atoms. The van der Waals surface area contributed by atoms with Gasteiger partial charge in [-0.3, -0.25) is 0 Å². The van der Waals surface area contributed by atoms with E-state index in [1.807, 2.05) is 0 Å². The van der Waals surface area contributed by atoms with E-state index in [1.165, 1.54) is 157 Å². The van der Waals surface area contributed by atoms with Crippen LogP contribution in [0.3, 0.4) is 0 Å². The van der Waals surface area contributed by atoms with Crippen LogP contribution in [0.5, 0.6) is 0 Å². The number of fused-ring (bicyclic) bond motifs is 3. The minimum Gasteiger partial charge on any atom is -0.336 e. The maximum absolute atomic E-state index is 2.63. The number of rotatable bonds is 20. The Morgan fingerprint density at radius 1 is 0.400 bits per heavy atom. The summed E-state index contributed by atoms with van der Waals surface area (Å²) < 4.78 is 0. The van der Waals surface area contributed by atoms with Crippen LogP contribution in [0.1, 0.15) is 173 Å². The van der Waals surface area contributed by atoms with Crippen LogP contribution >= 0.6 is 0 Å². The maximum atomic E-state index is 2.63. The quantitative estimate of drug-likeness (QED) is 0.0706. The van der Waals surface area contributed by atoms with Crippen molar-refractivity contribution in [2.75, 3.05) is 9.80 Å². The molecule has 7 rings (SSSR count). The first kappa shape index (κ1) is 47.9. The maximum Gasteiger partial charge on any atom is 0.0465 e. The number of nitrogens with zero attached hydrogens (tertiary/aromatic N) is 2. The van der Waals surface area contributed by atoms with Crippen molar-refractivity contribution in [1.82, 2.24) is 0 Å². The van der Waals surface area contributed by atoms with Gasteiger partial charge < -0.3 is 9.80 Å². The fourth-order valence-electron chi connectivity index (χ4n) is 10.5. The Hall–Kier alpha value is -5.08. The standard InChI is InChI=1S/C63H80N2/c1-11-13-15-17-19-21-43-63(44-22-20-18-16-14-12-2)59-45-51(61(5,6)7)31-41-57(59)58-42-40-56(46-60(58)63)64(52-32-23-47(3)24-33-52)53-36-27-49(28-37-53)50-29-38-55(39-30-50)65(62(8,9)10)54-34-25-48(4)26-35-54/h23-42,45-46H,11-22,43-44H2,1-10H3. The Bertz CT molecular complexity index is 2410. The predicted molar refractivity (Wildman–Crippen MR) is 285 cm³/mol. The highest BCUT2D eigenvalue weighted by Gasteiger charge is 2.43. The van der Waals surface area contributed by atoms with Crippen LogP contribution in [0.4, 0.5) is 28.4 Å². The first-order valence-corrected chi connectivity index (χ1v) is 25.5. The molecule has 0 N–H and O–H groups in total. The van der Waals surface area contributed by atoms with Crippen LogP contribution in [-0.4, -0.2) is 5.54 Å². The van der Waals surface area contributed by atoms with Gasteiger partial charge >= 0.3 is 0 Å². The summed E-state index contributed by atoms with van der Waals surface area (Å²) in [5, 5.41) is 0. The Morgan fingerprint density at radius 3 is 1.25 bits per heavy atom. The molecule has 6 aromatic rings. The monoisotopic (exact) mass is 865 g/mol. The molecule has 0 amide bonds. The number of benzene rings is 6. The van der Waals surface area contributed by atoms with Gasteiger partial charge in [-0.1, -0.05) is 196 Å². The van der Waals surface area contributed by atoms with Gasteiger partial charge in [-0.05, 0) is 152 Å². The lowest BCUT2D eigenvalue weighted by Crippen LogP contribution is -2.37. The molecule has 65 heavy (non-hydrogen) atoms. The summed E-state index contributed by atoms with van der Waals surface area (Å²) in [5.74, 6) is 0. The van der Waals surface area contributed by atoms with Crippen LogP contribution in [0.2, 0.25) is 0 Å². The summed E-state index contributed by atoms with van der Waals surface area (Å²) >= 11 is 0. The van der Waals surface area contributed by atoms with Crippen LogP contribution in [-0.2, 0) is 10.8 Å². The molecule has 0 saturated heterocycles. The van der Waals surface area contributed by atoms with Crippen molar-refractivity contribution < 1.29 is 0 Å². The lowest BCUT2D eigenvalue weighted by atomic mass is 9.69. The summed E-state index contributed by atoms with van der Waals surface area (Å²) in [6.07, 6.45) is 18.3. The van der Waals surface area contributed by atoms with Crippen LogP contribution < -0.4 is 9.80 Å². The molecule has 342 valence electrons. The second-order valence-corrected chi connectivity index (χ2v) is 21.5. The average molecular weight is 865 g/mol. The topological polar surface area (TPSA) is 6.48 Å². The van der Waals surface area contributed by atoms with Crippen molar-refractivity contribution in [3.05, 3.63) is 161 Å². The zero-order valence-corrected chi connectivity index (χ0v) is 42.0. The molecular weight excluding hydrogens is 785 g/mol. The SMILES string of the molecule is CCCCCCCCC1(CCCCCCCC)c2cc(N(c3ccc(C)cc3)c3ccc(-c4ccc(N(c5ccc(C)cc5)C(C)(C)C)cc4)cc3)ccc2-c2ccc(C(C)(C)C)cc21. The summed E-state index contributed by atoms with van der Waals surface area (Å²) in [6.45, 7) is 23.0. The van der Waals surface area contributed by atoms with Crippen molar-refractivity contribution in [2.45, 2.75) is 175 Å². The van der Waals surface area contributed by atoms with Crippen molar-refractivity contribution in [1.29, 1.82) is 0 Å². The van der Waals surface area contributed by atoms with Gasteiger partial charge in [-0.2, -0.15) is 0 Å². The number of hydrogen-bond donors (Lipinski definition) is 0. The second-order valence-electron chi connectivity index (χ2n) is 21.5. The van der Waals surface area contributed by atoms with E-state index in [0.29, 0.717) is 0 Å². The zero-order chi connectivity index (χ0) is 46.2. The minimum absolute atomic E-state index is 0.00552. The number of unbranched alkanes of at least 4 members (excludes halogenated alkanes) is 10. The Kier molecular flexibility index (Phi) is 15.5. The molecule has 0 radical (unpaired) electrons. The highest BCUT2D eigenvalue weighted by molar-refractivity contribution is 5.86. The summed E-state index contributed by atoms with van der Waals surface area (Å²) in [6, 6.07) is 51.4. The molecule has 0 atom stereocenters. The lowest BCUT2D eigenvalue weighted by Gasteiger charge is -2.38. The minimum atomic E-state index is -0.0737. The molecule has 1 aliphatic carbocycles. The Balaban J connectivity index is 1.27. The van der Waals surface area contributed by atoms with Gasteiger partial charge in [-0.25, -0.2) is 0 Å². The Morgan fingerprint density at radius 2 is 0.785 bits per heavy atom. The second kappa shape index (κ2) is 21.0. The molecule has 2 nitrogen and oxygen atoms in total. The normalized spacial score (nSPS) is 13.1. The number of hydrogen-bond acceptors (Lipinski definition) is 2. The summed E-state index contributed by atoms with van der Waals surface area (Å²) in [5.41, 5.74) is 18.5. The van der Waals surface area contributed by atoms with Gasteiger partial charge in [0.1, 0.15) is 0 Å². The van der Waals surface area contributed by atoms with E-state index in [0.717, 1.165) is 0 Å². The molecule has 0 saturated carbocycles. The van der Waals surface area contributed by atoms with Crippen LogP contribution in [0.15, 0.2) is 133 Å². The molecule has 0 bridgehead atoms. The third kappa shape index (κ3) is 11.1. The molecule has 0 heterocycles. The lowest BCUT2D eigenvalue weighted by molar-refractivity contribution is 0.397. The third-order valence-electron chi connectivity index (χ3n) is 14.2. The fraction of sp³-hybridized carbons (Fsp3) is 0.429. The van der Waals surface area contributed by atoms with E-state index in [9.17, 15) is 0 Å². The molecule has 2 heteroatoms. The van der Waals surface area contributed by atoms with E-state index >= 15 is 0 Å². The molecule has 0 aromatic heterocycles. The van der Waals surface area contributed by atoms with Gasteiger partial charge in [0.05, 0.1) is 0 Å². The third-order valence-corrected chi connectivity index (χ3v) is 14.2. The fourth-order valence-corrected chi connectivity index (χ4v) is 10.5. The highest BCUT2D eigenvalue weighted by atomic mass is 15.2. The van der Waals surface area contributed by atoms with Gasteiger partial charge in [0.25, 0.3) is 0 Å². The van der Waals surface area contributed by atoms with E-state index in [4.69, 9.17) is 0 Å². The van der Waals surface area contributed by atoms with Crippen molar-refractivity contribution >= 4 is 28.4 Å². The summed E-state index contributed by atoms with van der Waals surface area (Å²) in [4.78, 5) is 4.94. The van der Waals surface area contributed by atoms with Gasteiger partial charge in [0.15, 0.2) is 0 Å². The van der Waals surface area contributed by atoms with Crippen molar-refractivity contribution in [2.24, 2.45) is 0 Å². The zero-order valence-electron chi connectivity index (χ0n) is 42.0. The van der Waals surface area contributed by atoms with E-state index < -0.39 is 0 Å². The van der Waals surface area contributed by atoms with Crippen molar-refractivity contribution in [3.63, 3.8) is 0 Å². The molecular formula is C63H80N2. The molecule has 6 aromatic carbocycles. The molecule has 1 aliphatic rings.